The fourth-order valence-corrected chi connectivity index (χ4v) is 2.52. The van der Waals surface area contributed by atoms with E-state index in [1.54, 1.807) is 42.5 Å². The molecule has 0 unspecified atom stereocenters. The van der Waals surface area contributed by atoms with Crippen molar-refractivity contribution in [2.45, 2.75) is 13.5 Å². The van der Waals surface area contributed by atoms with Gasteiger partial charge in [-0.25, -0.2) is 5.10 Å². The number of hydrogen-bond donors (Lipinski definition) is 3. The van der Waals surface area contributed by atoms with E-state index in [4.69, 9.17) is 0 Å². The number of amides is 2. The average Bonchev–Trinajstić information content (AvgIpc) is 2.60. The SMILES string of the molecule is CC(=O)Nc1cccc(CNC(=O)c2n[nH]c(=O)c3ccccc23)c1. The van der Waals surface area contributed by atoms with Crippen molar-refractivity contribution in [2.75, 3.05) is 5.32 Å². The van der Waals surface area contributed by atoms with Crippen LogP contribution in [0.2, 0.25) is 0 Å². The highest BCUT2D eigenvalue weighted by Crippen LogP contribution is 2.13. The first kappa shape index (κ1) is 16.4. The van der Waals surface area contributed by atoms with Crippen molar-refractivity contribution in [3.8, 4) is 0 Å². The highest BCUT2D eigenvalue weighted by molar-refractivity contribution is 6.04. The number of carbonyl (C=O) groups excluding carboxylic acids is 2. The molecule has 1 heterocycles. The minimum Gasteiger partial charge on any atom is -0.347 e. The topological polar surface area (TPSA) is 104 Å². The molecule has 0 spiro atoms. The maximum Gasteiger partial charge on any atom is 0.272 e. The average molecular weight is 336 g/mol. The van der Waals surface area contributed by atoms with Crippen molar-refractivity contribution in [1.29, 1.82) is 0 Å². The number of H-pyrrole nitrogens is 1. The van der Waals surface area contributed by atoms with E-state index in [1.165, 1.54) is 6.92 Å². The van der Waals surface area contributed by atoms with Crippen LogP contribution < -0.4 is 16.2 Å². The largest absolute Gasteiger partial charge is 0.347 e. The number of fused-ring (bicyclic) bond motifs is 1. The predicted molar refractivity (Wildman–Crippen MR) is 94.3 cm³/mol. The molecule has 7 nitrogen and oxygen atoms in total. The fraction of sp³-hybridized carbons (Fsp3) is 0.111. The molecule has 0 atom stereocenters. The van der Waals surface area contributed by atoms with Crippen LogP contribution >= 0.6 is 0 Å². The second-order valence-electron chi connectivity index (χ2n) is 5.51. The van der Waals surface area contributed by atoms with E-state index in [-0.39, 0.29) is 23.7 Å². The van der Waals surface area contributed by atoms with Crippen molar-refractivity contribution in [3.05, 3.63) is 70.1 Å². The summed E-state index contributed by atoms with van der Waals surface area (Å²) in [5.41, 5.74) is 1.31. The van der Waals surface area contributed by atoms with Gasteiger partial charge in [0.1, 0.15) is 0 Å². The van der Waals surface area contributed by atoms with Gasteiger partial charge in [-0.1, -0.05) is 30.3 Å². The molecule has 0 saturated carbocycles. The number of nitrogens with one attached hydrogen (secondary N) is 3. The van der Waals surface area contributed by atoms with Gasteiger partial charge in [-0.15, -0.1) is 0 Å². The molecule has 2 aromatic carbocycles. The molecule has 126 valence electrons. The molecule has 3 aromatic rings. The van der Waals surface area contributed by atoms with E-state index < -0.39 is 5.91 Å². The van der Waals surface area contributed by atoms with Gasteiger partial charge in [0.25, 0.3) is 11.5 Å². The lowest BCUT2D eigenvalue weighted by Gasteiger charge is -2.08. The molecule has 7 heteroatoms. The molecule has 0 bridgehead atoms. The fourth-order valence-electron chi connectivity index (χ4n) is 2.52. The molecule has 0 saturated heterocycles. The van der Waals surface area contributed by atoms with Gasteiger partial charge in [0.05, 0.1) is 5.39 Å². The standard InChI is InChI=1S/C18H16N4O3/c1-11(23)20-13-6-4-5-12(9-13)10-19-18(25)16-14-7-2-3-8-15(14)17(24)22-21-16/h2-9H,10H2,1H3,(H,19,25)(H,20,23)(H,22,24). The highest BCUT2D eigenvalue weighted by atomic mass is 16.2. The van der Waals surface area contributed by atoms with Crippen LogP contribution in [0.5, 0.6) is 0 Å². The first-order chi connectivity index (χ1) is 12.0. The second kappa shape index (κ2) is 6.96. The van der Waals surface area contributed by atoms with E-state index >= 15 is 0 Å². The molecule has 0 fully saturated rings. The van der Waals surface area contributed by atoms with Crippen LogP contribution in [0.4, 0.5) is 5.69 Å². The summed E-state index contributed by atoms with van der Waals surface area (Å²) < 4.78 is 0. The van der Waals surface area contributed by atoms with Crippen LogP contribution in [0.25, 0.3) is 10.8 Å². The van der Waals surface area contributed by atoms with E-state index in [1.807, 2.05) is 6.07 Å². The second-order valence-corrected chi connectivity index (χ2v) is 5.51. The number of anilines is 1. The van der Waals surface area contributed by atoms with E-state index in [0.29, 0.717) is 16.5 Å². The van der Waals surface area contributed by atoms with Crippen LogP contribution in [0.3, 0.4) is 0 Å². The number of nitrogens with zero attached hydrogens (tertiary/aromatic N) is 1. The molecule has 3 N–H and O–H groups in total. The van der Waals surface area contributed by atoms with Gasteiger partial charge in [-0.3, -0.25) is 14.4 Å². The molecule has 1 aromatic heterocycles. The molecular formula is C18H16N4O3. The third-order valence-electron chi connectivity index (χ3n) is 3.61. The maximum atomic E-state index is 12.4. The number of benzene rings is 2. The monoisotopic (exact) mass is 336 g/mol. The number of rotatable bonds is 4. The Kier molecular flexibility index (Phi) is 4.56. The maximum absolute atomic E-state index is 12.4. The smallest absolute Gasteiger partial charge is 0.272 e. The van der Waals surface area contributed by atoms with Crippen LogP contribution in [0, 0.1) is 0 Å². The number of hydrogen-bond acceptors (Lipinski definition) is 4. The Labute approximate surface area is 143 Å². The zero-order valence-corrected chi connectivity index (χ0v) is 13.5. The Morgan fingerprint density at radius 3 is 2.60 bits per heavy atom. The molecule has 3 rings (SSSR count). The molecule has 25 heavy (non-hydrogen) atoms. The van der Waals surface area contributed by atoms with Gasteiger partial charge >= 0.3 is 0 Å². The van der Waals surface area contributed by atoms with Gasteiger partial charge in [0.2, 0.25) is 5.91 Å². The first-order valence-corrected chi connectivity index (χ1v) is 7.67. The lowest BCUT2D eigenvalue weighted by molar-refractivity contribution is -0.114. The lowest BCUT2D eigenvalue weighted by atomic mass is 10.1. The van der Waals surface area contributed by atoms with E-state index in [0.717, 1.165) is 5.56 Å². The van der Waals surface area contributed by atoms with E-state index in [2.05, 4.69) is 20.8 Å². The molecule has 2 amide bonds. The minimum absolute atomic E-state index is 0.160. The van der Waals surface area contributed by atoms with Crippen LogP contribution in [-0.2, 0) is 11.3 Å². The first-order valence-electron chi connectivity index (χ1n) is 7.67. The van der Waals surface area contributed by atoms with Crippen molar-refractivity contribution in [2.24, 2.45) is 0 Å². The van der Waals surface area contributed by atoms with Gasteiger partial charge in [0, 0.05) is 24.5 Å². The molecule has 0 aliphatic heterocycles. The van der Waals surface area contributed by atoms with Gasteiger partial charge in [-0.05, 0) is 23.8 Å². The Hall–Kier alpha value is -3.48. The summed E-state index contributed by atoms with van der Waals surface area (Å²) >= 11 is 0. The van der Waals surface area contributed by atoms with Crippen LogP contribution in [0.1, 0.15) is 23.0 Å². The summed E-state index contributed by atoms with van der Waals surface area (Å²) in [5.74, 6) is -0.553. The molecule has 0 radical (unpaired) electrons. The highest BCUT2D eigenvalue weighted by Gasteiger charge is 2.13. The minimum atomic E-state index is -0.391. The summed E-state index contributed by atoms with van der Waals surface area (Å²) in [6.07, 6.45) is 0. The quantitative estimate of drug-likeness (QED) is 0.676. The van der Waals surface area contributed by atoms with Gasteiger partial charge < -0.3 is 10.6 Å². The number of aromatic amines is 1. The Bertz CT molecular complexity index is 1010. The van der Waals surface area contributed by atoms with E-state index in [9.17, 15) is 14.4 Å². The lowest BCUT2D eigenvalue weighted by Crippen LogP contribution is -2.26. The molecule has 0 aliphatic rings. The summed E-state index contributed by atoms with van der Waals surface area (Å²) in [7, 11) is 0. The van der Waals surface area contributed by atoms with Crippen molar-refractivity contribution >= 4 is 28.3 Å². The predicted octanol–water partition coefficient (Wildman–Crippen LogP) is 1.81. The van der Waals surface area contributed by atoms with Gasteiger partial charge in [0.15, 0.2) is 5.69 Å². The van der Waals surface area contributed by atoms with Crippen LogP contribution in [0.15, 0.2) is 53.3 Å². The zero-order chi connectivity index (χ0) is 17.8. The number of aromatic nitrogens is 2. The summed E-state index contributed by atoms with van der Waals surface area (Å²) in [5, 5.41) is 12.6. The van der Waals surface area contributed by atoms with Gasteiger partial charge in [-0.2, -0.15) is 5.10 Å². The number of carbonyl (C=O) groups is 2. The molecular weight excluding hydrogens is 320 g/mol. The Balaban J connectivity index is 1.79. The van der Waals surface area contributed by atoms with Crippen molar-refractivity contribution in [3.63, 3.8) is 0 Å². The normalized spacial score (nSPS) is 10.4. The van der Waals surface area contributed by atoms with Crippen molar-refractivity contribution < 1.29 is 9.59 Å². The molecule has 0 aliphatic carbocycles. The summed E-state index contributed by atoms with van der Waals surface area (Å²) in [4.78, 5) is 35.3. The Morgan fingerprint density at radius 2 is 1.84 bits per heavy atom. The Morgan fingerprint density at radius 1 is 1.08 bits per heavy atom. The summed E-state index contributed by atoms with van der Waals surface area (Å²) in [6, 6.07) is 14.0. The van der Waals surface area contributed by atoms with Crippen LogP contribution in [-0.4, -0.2) is 22.0 Å². The third kappa shape index (κ3) is 3.72. The van der Waals surface area contributed by atoms with Crippen molar-refractivity contribution in [1.82, 2.24) is 15.5 Å². The third-order valence-corrected chi connectivity index (χ3v) is 3.61. The zero-order valence-electron chi connectivity index (χ0n) is 13.5. The summed E-state index contributed by atoms with van der Waals surface area (Å²) in [6.45, 7) is 1.70.